The molecular weight excluding hydrogens is 146 g/mol. The number of nitriles is 1. The summed E-state index contributed by atoms with van der Waals surface area (Å²) in [4.78, 5) is 0. The van der Waals surface area contributed by atoms with E-state index in [1.54, 1.807) is 0 Å². The third kappa shape index (κ3) is 1.96. The van der Waals surface area contributed by atoms with Crippen molar-refractivity contribution in [1.82, 2.24) is 0 Å². The van der Waals surface area contributed by atoms with Gasteiger partial charge in [0, 0.05) is 0 Å². The van der Waals surface area contributed by atoms with Gasteiger partial charge in [-0.15, -0.1) is 0 Å². The molecule has 0 saturated heterocycles. The van der Waals surface area contributed by atoms with Crippen LogP contribution in [0.2, 0.25) is 0 Å². The van der Waals surface area contributed by atoms with Crippen molar-refractivity contribution >= 4 is 6.08 Å². The van der Waals surface area contributed by atoms with Gasteiger partial charge in [0.1, 0.15) is 0 Å². The van der Waals surface area contributed by atoms with Gasteiger partial charge in [0.2, 0.25) is 0 Å². The van der Waals surface area contributed by atoms with E-state index in [0.29, 0.717) is 0 Å². The van der Waals surface area contributed by atoms with Crippen molar-refractivity contribution < 1.29 is 0 Å². The van der Waals surface area contributed by atoms with Gasteiger partial charge in [-0.3, -0.25) is 0 Å². The maximum absolute atomic E-state index is 8.73. The second-order valence-electron chi connectivity index (χ2n) is 2.51. The standard InChI is InChI=1S/C11H11N/c1-2-3-6-10-7-4-5-8-11(10)9-12/h3-8H,2H2,1H3/b6-3-. The SMILES string of the molecule is CC/C=C\c1ccccc1C#N. The smallest absolute Gasteiger partial charge is 0.0997 e. The molecule has 0 N–H and O–H groups in total. The first-order chi connectivity index (χ1) is 5.88. The topological polar surface area (TPSA) is 23.8 Å². The summed E-state index contributed by atoms with van der Waals surface area (Å²) < 4.78 is 0. The van der Waals surface area contributed by atoms with Gasteiger partial charge in [0.05, 0.1) is 11.6 Å². The second kappa shape index (κ2) is 4.35. The fourth-order valence-corrected chi connectivity index (χ4v) is 0.989. The molecule has 0 spiro atoms. The van der Waals surface area contributed by atoms with Crippen LogP contribution in [0.5, 0.6) is 0 Å². The molecule has 60 valence electrons. The molecule has 1 rings (SSSR count). The van der Waals surface area contributed by atoms with Crippen molar-refractivity contribution in [3.8, 4) is 6.07 Å². The van der Waals surface area contributed by atoms with Crippen molar-refractivity contribution in [1.29, 1.82) is 5.26 Å². The van der Waals surface area contributed by atoms with Gasteiger partial charge >= 0.3 is 0 Å². The number of hydrogen-bond acceptors (Lipinski definition) is 1. The lowest BCUT2D eigenvalue weighted by Crippen LogP contribution is -1.79. The maximum Gasteiger partial charge on any atom is 0.0997 e. The molecule has 0 fully saturated rings. The van der Waals surface area contributed by atoms with E-state index in [1.807, 2.05) is 30.3 Å². The van der Waals surface area contributed by atoms with Crippen LogP contribution in [0.1, 0.15) is 24.5 Å². The molecule has 1 aromatic carbocycles. The summed E-state index contributed by atoms with van der Waals surface area (Å²) in [5.41, 5.74) is 1.74. The van der Waals surface area contributed by atoms with Gasteiger partial charge in [-0.25, -0.2) is 0 Å². The number of rotatable bonds is 2. The predicted octanol–water partition coefficient (Wildman–Crippen LogP) is 2.98. The van der Waals surface area contributed by atoms with Crippen molar-refractivity contribution in [2.24, 2.45) is 0 Å². The monoisotopic (exact) mass is 157 g/mol. The first-order valence-corrected chi connectivity index (χ1v) is 4.04. The van der Waals surface area contributed by atoms with Crippen LogP contribution >= 0.6 is 0 Å². The maximum atomic E-state index is 8.73. The first kappa shape index (κ1) is 8.55. The van der Waals surface area contributed by atoms with Crippen LogP contribution in [0.25, 0.3) is 6.08 Å². The van der Waals surface area contributed by atoms with Gasteiger partial charge in [0.25, 0.3) is 0 Å². The van der Waals surface area contributed by atoms with Crippen LogP contribution in [0.4, 0.5) is 0 Å². The van der Waals surface area contributed by atoms with Crippen LogP contribution in [0, 0.1) is 11.3 Å². The third-order valence-electron chi connectivity index (χ3n) is 1.61. The van der Waals surface area contributed by atoms with E-state index in [9.17, 15) is 0 Å². The highest BCUT2D eigenvalue weighted by molar-refractivity contribution is 5.57. The van der Waals surface area contributed by atoms with E-state index >= 15 is 0 Å². The van der Waals surface area contributed by atoms with E-state index in [2.05, 4.69) is 19.1 Å². The Morgan fingerprint density at radius 3 is 2.83 bits per heavy atom. The summed E-state index contributed by atoms with van der Waals surface area (Å²) in [5, 5.41) is 8.73. The Hall–Kier alpha value is -1.55. The number of allylic oxidation sites excluding steroid dienone is 1. The van der Waals surface area contributed by atoms with Gasteiger partial charge < -0.3 is 0 Å². The normalized spacial score (nSPS) is 10.0. The molecule has 0 aliphatic rings. The van der Waals surface area contributed by atoms with Crippen molar-refractivity contribution in [3.63, 3.8) is 0 Å². The fourth-order valence-electron chi connectivity index (χ4n) is 0.989. The number of hydrogen-bond donors (Lipinski definition) is 0. The molecule has 0 saturated carbocycles. The molecule has 0 aliphatic carbocycles. The Kier molecular flexibility index (Phi) is 3.10. The first-order valence-electron chi connectivity index (χ1n) is 4.04. The van der Waals surface area contributed by atoms with Gasteiger partial charge in [0.15, 0.2) is 0 Å². The minimum Gasteiger partial charge on any atom is -0.192 e. The lowest BCUT2D eigenvalue weighted by molar-refractivity contribution is 1.23. The van der Waals surface area contributed by atoms with Crippen molar-refractivity contribution in [2.45, 2.75) is 13.3 Å². The Balaban J connectivity index is 2.99. The summed E-state index contributed by atoms with van der Waals surface area (Å²) in [6.45, 7) is 2.07. The Bertz CT molecular complexity index is 318. The third-order valence-corrected chi connectivity index (χ3v) is 1.61. The largest absolute Gasteiger partial charge is 0.192 e. The van der Waals surface area contributed by atoms with Crippen LogP contribution in [-0.4, -0.2) is 0 Å². The molecule has 0 unspecified atom stereocenters. The predicted molar refractivity (Wildman–Crippen MR) is 50.5 cm³/mol. The van der Waals surface area contributed by atoms with E-state index in [4.69, 9.17) is 5.26 Å². The molecule has 1 nitrogen and oxygen atoms in total. The van der Waals surface area contributed by atoms with E-state index in [1.165, 1.54) is 0 Å². The Morgan fingerprint density at radius 1 is 1.42 bits per heavy atom. The van der Waals surface area contributed by atoms with Crippen LogP contribution < -0.4 is 0 Å². The second-order valence-corrected chi connectivity index (χ2v) is 2.51. The molecule has 1 heteroatoms. The average Bonchev–Trinajstić information content (AvgIpc) is 2.15. The molecule has 0 aliphatic heterocycles. The van der Waals surface area contributed by atoms with Crippen molar-refractivity contribution in [3.05, 3.63) is 41.5 Å². The zero-order valence-electron chi connectivity index (χ0n) is 7.12. The highest BCUT2D eigenvalue weighted by Crippen LogP contribution is 2.09. The zero-order valence-corrected chi connectivity index (χ0v) is 7.12. The Morgan fingerprint density at radius 2 is 2.17 bits per heavy atom. The summed E-state index contributed by atoms with van der Waals surface area (Å²) in [6.07, 6.45) is 5.04. The van der Waals surface area contributed by atoms with Gasteiger partial charge in [-0.1, -0.05) is 37.3 Å². The Labute approximate surface area is 73.0 Å². The highest BCUT2D eigenvalue weighted by atomic mass is 14.2. The molecule has 0 heterocycles. The van der Waals surface area contributed by atoms with Crippen LogP contribution in [-0.2, 0) is 0 Å². The summed E-state index contributed by atoms with van der Waals surface area (Å²) in [6, 6.07) is 9.75. The van der Waals surface area contributed by atoms with Crippen LogP contribution in [0.15, 0.2) is 30.3 Å². The lowest BCUT2D eigenvalue weighted by atomic mass is 10.1. The zero-order chi connectivity index (χ0) is 8.81. The van der Waals surface area contributed by atoms with Crippen molar-refractivity contribution in [2.75, 3.05) is 0 Å². The van der Waals surface area contributed by atoms with E-state index in [0.717, 1.165) is 17.5 Å². The highest BCUT2D eigenvalue weighted by Gasteiger charge is 1.93. The summed E-state index contributed by atoms with van der Waals surface area (Å²) in [5.74, 6) is 0. The summed E-state index contributed by atoms with van der Waals surface area (Å²) in [7, 11) is 0. The van der Waals surface area contributed by atoms with Crippen LogP contribution in [0.3, 0.4) is 0 Å². The summed E-state index contributed by atoms with van der Waals surface area (Å²) >= 11 is 0. The molecule has 12 heavy (non-hydrogen) atoms. The molecule has 0 atom stereocenters. The van der Waals surface area contributed by atoms with Gasteiger partial charge in [-0.05, 0) is 18.1 Å². The molecular formula is C11H11N. The minimum absolute atomic E-state index is 0.738. The quantitative estimate of drug-likeness (QED) is 0.647. The minimum atomic E-state index is 0.738. The molecule has 0 aromatic heterocycles. The van der Waals surface area contributed by atoms with E-state index in [-0.39, 0.29) is 0 Å². The van der Waals surface area contributed by atoms with Gasteiger partial charge in [-0.2, -0.15) is 5.26 Å². The molecule has 1 aromatic rings. The molecule has 0 bridgehead atoms. The molecule has 0 radical (unpaired) electrons. The number of nitrogens with zero attached hydrogens (tertiary/aromatic N) is 1. The average molecular weight is 157 g/mol. The van der Waals surface area contributed by atoms with E-state index < -0.39 is 0 Å². The molecule has 0 amide bonds. The fraction of sp³-hybridized carbons (Fsp3) is 0.182. The lowest BCUT2D eigenvalue weighted by Gasteiger charge is -1.94. The number of benzene rings is 1.